The zero-order chi connectivity index (χ0) is 28.7. The average Bonchev–Trinajstić information content (AvgIpc) is 2.90. The van der Waals surface area contributed by atoms with E-state index in [1.54, 1.807) is 37.3 Å². The summed E-state index contributed by atoms with van der Waals surface area (Å²) in [5.41, 5.74) is 0.702. The molecule has 1 atom stereocenters. The van der Waals surface area contributed by atoms with Crippen molar-refractivity contribution < 1.29 is 27.5 Å². The fraction of sp³-hybridized carbons (Fsp3) is 0.481. The number of nitrogens with one attached hydrogen (secondary N) is 1. The summed E-state index contributed by atoms with van der Waals surface area (Å²) in [6.45, 7) is 1.02. The van der Waals surface area contributed by atoms with Crippen LogP contribution in [0.15, 0.2) is 36.4 Å². The van der Waals surface area contributed by atoms with Crippen LogP contribution in [0.1, 0.15) is 44.6 Å². The molecule has 0 aromatic heterocycles. The summed E-state index contributed by atoms with van der Waals surface area (Å²) < 4.78 is 37.4. The SMILES string of the molecule is COc1ccc(OC)c(N(CC(=O)N(Cc2ccc(Cl)cc2Cl)[C@H](C)C(=O)NC2CCCCC2)S(C)(=O)=O)c1. The van der Waals surface area contributed by atoms with Crippen LogP contribution in [-0.4, -0.2) is 64.2 Å². The molecular weight excluding hydrogens is 565 g/mol. The number of halogens is 2. The Kier molecular flexibility index (Phi) is 10.7. The van der Waals surface area contributed by atoms with Gasteiger partial charge < -0.3 is 19.7 Å². The molecule has 2 aromatic carbocycles. The molecule has 0 unspecified atom stereocenters. The molecule has 1 saturated carbocycles. The zero-order valence-corrected chi connectivity index (χ0v) is 24.9. The van der Waals surface area contributed by atoms with Crippen molar-refractivity contribution in [1.29, 1.82) is 0 Å². The number of carbonyl (C=O) groups is 2. The number of anilines is 1. The number of carbonyl (C=O) groups excluding carboxylic acids is 2. The van der Waals surface area contributed by atoms with Crippen molar-refractivity contribution in [2.45, 2.75) is 57.7 Å². The van der Waals surface area contributed by atoms with Crippen molar-refractivity contribution in [3.8, 4) is 11.5 Å². The number of rotatable bonds is 11. The standard InChI is InChI=1S/C27H35Cl2N3O6S/c1-18(27(34)30-21-8-6-5-7-9-21)31(16-19-10-11-20(28)14-23(19)29)26(33)17-32(39(4,35)36)24-15-22(37-2)12-13-25(24)38-3/h10-15,18,21H,5-9,16-17H2,1-4H3,(H,30,34)/t18-/m1/s1. The summed E-state index contributed by atoms with van der Waals surface area (Å²) in [5, 5.41) is 3.81. The fourth-order valence-electron chi connectivity index (χ4n) is 4.57. The molecular formula is C27H35Cl2N3O6S. The lowest BCUT2D eigenvalue weighted by Gasteiger charge is -2.33. The molecule has 0 spiro atoms. The van der Waals surface area contributed by atoms with E-state index < -0.39 is 28.5 Å². The van der Waals surface area contributed by atoms with Crippen LogP contribution in [0, 0.1) is 0 Å². The van der Waals surface area contributed by atoms with Crippen molar-refractivity contribution in [3.05, 3.63) is 52.0 Å². The van der Waals surface area contributed by atoms with E-state index in [0.717, 1.165) is 42.7 Å². The number of ether oxygens (including phenoxy) is 2. The van der Waals surface area contributed by atoms with Crippen LogP contribution in [0.2, 0.25) is 10.0 Å². The second-order valence-corrected chi connectivity index (χ2v) is 12.3. The summed E-state index contributed by atoms with van der Waals surface area (Å²) in [4.78, 5) is 28.5. The van der Waals surface area contributed by atoms with E-state index in [4.69, 9.17) is 32.7 Å². The number of sulfonamides is 1. The Morgan fingerprint density at radius 2 is 1.74 bits per heavy atom. The van der Waals surface area contributed by atoms with E-state index in [9.17, 15) is 18.0 Å². The van der Waals surface area contributed by atoms with Crippen LogP contribution < -0.4 is 19.1 Å². The minimum atomic E-state index is -3.95. The van der Waals surface area contributed by atoms with Gasteiger partial charge in [0, 0.05) is 28.7 Å². The highest BCUT2D eigenvalue weighted by Gasteiger charge is 2.32. The van der Waals surface area contributed by atoms with E-state index in [1.807, 2.05) is 0 Å². The van der Waals surface area contributed by atoms with Gasteiger partial charge in [0.05, 0.1) is 26.2 Å². The third-order valence-electron chi connectivity index (χ3n) is 6.81. The Morgan fingerprint density at radius 1 is 1.05 bits per heavy atom. The zero-order valence-electron chi connectivity index (χ0n) is 22.6. The van der Waals surface area contributed by atoms with Gasteiger partial charge in [-0.25, -0.2) is 8.42 Å². The van der Waals surface area contributed by atoms with Gasteiger partial charge in [0.25, 0.3) is 0 Å². The van der Waals surface area contributed by atoms with Gasteiger partial charge in [-0.3, -0.25) is 13.9 Å². The van der Waals surface area contributed by atoms with Crippen molar-refractivity contribution in [1.82, 2.24) is 10.2 Å². The van der Waals surface area contributed by atoms with E-state index in [0.29, 0.717) is 21.4 Å². The first-order valence-corrected chi connectivity index (χ1v) is 15.3. The minimum absolute atomic E-state index is 0.0268. The van der Waals surface area contributed by atoms with Gasteiger partial charge >= 0.3 is 0 Å². The van der Waals surface area contributed by atoms with Crippen LogP contribution in [0.3, 0.4) is 0 Å². The molecule has 2 amide bonds. The van der Waals surface area contributed by atoms with Crippen molar-refractivity contribution in [2.75, 3.05) is 31.3 Å². The van der Waals surface area contributed by atoms with E-state index in [-0.39, 0.29) is 29.9 Å². The number of hydrogen-bond donors (Lipinski definition) is 1. The number of hydrogen-bond acceptors (Lipinski definition) is 6. The summed E-state index contributed by atoms with van der Waals surface area (Å²) >= 11 is 12.5. The first kappa shape index (κ1) is 30.8. The number of benzene rings is 2. The summed E-state index contributed by atoms with van der Waals surface area (Å²) in [6.07, 6.45) is 5.97. The highest BCUT2D eigenvalue weighted by atomic mass is 35.5. The van der Waals surface area contributed by atoms with Crippen molar-refractivity contribution in [3.63, 3.8) is 0 Å². The molecule has 3 rings (SSSR count). The molecule has 0 bridgehead atoms. The largest absolute Gasteiger partial charge is 0.497 e. The minimum Gasteiger partial charge on any atom is -0.497 e. The second-order valence-electron chi connectivity index (χ2n) is 9.58. The van der Waals surface area contributed by atoms with Crippen LogP contribution in [-0.2, 0) is 26.2 Å². The highest BCUT2D eigenvalue weighted by Crippen LogP contribution is 2.34. The van der Waals surface area contributed by atoms with Gasteiger partial charge in [-0.1, -0.05) is 48.5 Å². The Bertz CT molecular complexity index is 1280. The number of methoxy groups -OCH3 is 2. The van der Waals surface area contributed by atoms with Crippen molar-refractivity contribution >= 4 is 50.7 Å². The summed E-state index contributed by atoms with van der Waals surface area (Å²) in [6, 6.07) is 8.67. The molecule has 0 saturated heterocycles. The predicted molar refractivity (Wildman–Crippen MR) is 153 cm³/mol. The molecule has 1 fully saturated rings. The Labute approximate surface area is 240 Å². The molecule has 0 aliphatic heterocycles. The van der Waals surface area contributed by atoms with E-state index in [2.05, 4.69) is 5.32 Å². The Hall–Kier alpha value is -2.69. The summed E-state index contributed by atoms with van der Waals surface area (Å²) in [5.74, 6) is -0.283. The molecule has 1 aliphatic rings. The predicted octanol–water partition coefficient (Wildman–Crippen LogP) is 4.64. The third kappa shape index (κ3) is 8.16. The molecule has 12 heteroatoms. The molecule has 1 N–H and O–H groups in total. The normalized spacial score (nSPS) is 14.8. The van der Waals surface area contributed by atoms with E-state index >= 15 is 0 Å². The monoisotopic (exact) mass is 599 g/mol. The second kappa shape index (κ2) is 13.6. The van der Waals surface area contributed by atoms with Crippen LogP contribution in [0.4, 0.5) is 5.69 Å². The lowest BCUT2D eigenvalue weighted by molar-refractivity contribution is -0.139. The van der Waals surface area contributed by atoms with Crippen LogP contribution in [0.25, 0.3) is 0 Å². The first-order valence-electron chi connectivity index (χ1n) is 12.7. The van der Waals surface area contributed by atoms with Gasteiger partial charge in [0.15, 0.2) is 0 Å². The Morgan fingerprint density at radius 3 is 2.33 bits per heavy atom. The van der Waals surface area contributed by atoms with Gasteiger partial charge in [-0.2, -0.15) is 0 Å². The first-order chi connectivity index (χ1) is 18.4. The molecule has 214 valence electrons. The lowest BCUT2D eigenvalue weighted by Crippen LogP contribution is -2.53. The van der Waals surface area contributed by atoms with Gasteiger partial charge in [-0.05, 0) is 49.6 Å². The highest BCUT2D eigenvalue weighted by molar-refractivity contribution is 7.92. The lowest BCUT2D eigenvalue weighted by atomic mass is 9.95. The van der Waals surface area contributed by atoms with Gasteiger partial charge in [0.1, 0.15) is 24.1 Å². The Balaban J connectivity index is 1.96. The van der Waals surface area contributed by atoms with Crippen LogP contribution in [0.5, 0.6) is 11.5 Å². The molecule has 9 nitrogen and oxygen atoms in total. The van der Waals surface area contributed by atoms with Gasteiger partial charge in [-0.15, -0.1) is 0 Å². The van der Waals surface area contributed by atoms with Gasteiger partial charge in [0.2, 0.25) is 21.8 Å². The number of nitrogens with zero attached hydrogens (tertiary/aromatic N) is 2. The molecule has 2 aromatic rings. The topological polar surface area (TPSA) is 105 Å². The smallest absolute Gasteiger partial charge is 0.244 e. The molecule has 1 aliphatic carbocycles. The summed E-state index contributed by atoms with van der Waals surface area (Å²) in [7, 11) is -1.10. The molecule has 0 heterocycles. The maximum atomic E-state index is 13.8. The van der Waals surface area contributed by atoms with Crippen molar-refractivity contribution in [2.24, 2.45) is 0 Å². The number of amides is 2. The fourth-order valence-corrected chi connectivity index (χ4v) is 5.88. The maximum absolute atomic E-state index is 13.8. The molecule has 0 radical (unpaired) electrons. The third-order valence-corrected chi connectivity index (χ3v) is 8.52. The maximum Gasteiger partial charge on any atom is 0.244 e. The average molecular weight is 601 g/mol. The molecule has 39 heavy (non-hydrogen) atoms. The van der Waals surface area contributed by atoms with E-state index in [1.165, 1.54) is 25.2 Å². The van der Waals surface area contributed by atoms with Crippen LogP contribution >= 0.6 is 23.2 Å². The quantitative estimate of drug-likeness (QED) is 0.403.